The fourth-order valence-electron chi connectivity index (χ4n) is 4.21. The zero-order valence-corrected chi connectivity index (χ0v) is 16.2. The molecule has 5 heteroatoms. The topological polar surface area (TPSA) is 39.5 Å². The molecule has 0 atom stereocenters. The van der Waals surface area contributed by atoms with Gasteiger partial charge in [0.05, 0.1) is 11.4 Å². The second-order valence-corrected chi connectivity index (χ2v) is 7.46. The number of ether oxygens (including phenoxy) is 2. The third-order valence-corrected chi connectivity index (χ3v) is 5.68. The molecule has 0 N–H and O–H groups in total. The lowest BCUT2D eigenvalue weighted by Crippen LogP contribution is -2.23. The molecule has 0 unspecified atom stereocenters. The molecule has 2 aliphatic rings. The van der Waals surface area contributed by atoms with Crippen LogP contribution in [0.15, 0.2) is 48.5 Å². The summed E-state index contributed by atoms with van der Waals surface area (Å²) in [6.45, 7) is 5.25. The van der Waals surface area contributed by atoms with Crippen LogP contribution in [0.25, 0.3) is 5.69 Å². The second kappa shape index (κ2) is 7.32. The van der Waals surface area contributed by atoms with Crippen molar-refractivity contribution in [2.75, 3.05) is 13.3 Å². The molecule has 0 fully saturated rings. The molecule has 0 bridgehead atoms. The molecule has 144 valence electrons. The molecule has 1 aliphatic heterocycles. The van der Waals surface area contributed by atoms with Crippen LogP contribution in [0.3, 0.4) is 0 Å². The lowest BCUT2D eigenvalue weighted by atomic mass is 10.1. The summed E-state index contributed by atoms with van der Waals surface area (Å²) in [5.74, 6) is 1.69. The van der Waals surface area contributed by atoms with Crippen LogP contribution < -0.4 is 9.47 Å². The first-order valence-electron chi connectivity index (χ1n) is 10.1. The summed E-state index contributed by atoms with van der Waals surface area (Å²) in [6.07, 6.45) is 3.48. The van der Waals surface area contributed by atoms with Gasteiger partial charge in [0.1, 0.15) is 0 Å². The molecule has 0 saturated carbocycles. The van der Waals surface area contributed by atoms with Gasteiger partial charge in [-0.2, -0.15) is 5.10 Å². The number of para-hydroxylation sites is 1. The maximum Gasteiger partial charge on any atom is 0.231 e. The molecule has 0 radical (unpaired) electrons. The van der Waals surface area contributed by atoms with E-state index in [4.69, 9.17) is 14.6 Å². The molecule has 0 spiro atoms. The number of hydrogen-bond donors (Lipinski definition) is 0. The second-order valence-electron chi connectivity index (χ2n) is 7.46. The van der Waals surface area contributed by atoms with Crippen molar-refractivity contribution in [1.29, 1.82) is 0 Å². The van der Waals surface area contributed by atoms with E-state index in [1.807, 2.05) is 6.07 Å². The minimum Gasteiger partial charge on any atom is -0.454 e. The largest absolute Gasteiger partial charge is 0.454 e. The van der Waals surface area contributed by atoms with Crippen molar-refractivity contribution in [3.05, 3.63) is 71.0 Å². The molecule has 1 aliphatic carbocycles. The first-order valence-corrected chi connectivity index (χ1v) is 10.1. The van der Waals surface area contributed by atoms with E-state index >= 15 is 0 Å². The van der Waals surface area contributed by atoms with Crippen molar-refractivity contribution in [1.82, 2.24) is 14.7 Å². The minimum absolute atomic E-state index is 0.319. The molecule has 1 aromatic heterocycles. The Bertz CT molecular complexity index is 981. The van der Waals surface area contributed by atoms with Crippen LogP contribution in [0.4, 0.5) is 0 Å². The van der Waals surface area contributed by atoms with Gasteiger partial charge in [-0.1, -0.05) is 31.2 Å². The first-order chi connectivity index (χ1) is 13.8. The number of rotatable bonds is 6. The molecule has 2 aromatic carbocycles. The van der Waals surface area contributed by atoms with Crippen LogP contribution in [0.5, 0.6) is 11.5 Å². The molecule has 2 heterocycles. The highest BCUT2D eigenvalue weighted by Crippen LogP contribution is 2.33. The van der Waals surface area contributed by atoms with Crippen molar-refractivity contribution < 1.29 is 9.47 Å². The molecular formula is C23H25N3O2. The van der Waals surface area contributed by atoms with E-state index in [2.05, 4.69) is 59.0 Å². The maximum absolute atomic E-state index is 5.53. The summed E-state index contributed by atoms with van der Waals surface area (Å²) in [4.78, 5) is 2.44. The summed E-state index contributed by atoms with van der Waals surface area (Å²) in [5, 5.41) is 5.02. The zero-order valence-electron chi connectivity index (χ0n) is 16.2. The first kappa shape index (κ1) is 17.3. The maximum atomic E-state index is 5.53. The van der Waals surface area contributed by atoms with Gasteiger partial charge in [0.15, 0.2) is 11.5 Å². The highest BCUT2D eigenvalue weighted by molar-refractivity contribution is 5.44. The molecule has 28 heavy (non-hydrogen) atoms. The molecule has 0 saturated heterocycles. The minimum atomic E-state index is 0.319. The van der Waals surface area contributed by atoms with Crippen LogP contribution in [0, 0.1) is 0 Å². The Hall–Kier alpha value is -2.79. The molecule has 5 nitrogen and oxygen atoms in total. The Morgan fingerprint density at radius 2 is 1.86 bits per heavy atom. The Morgan fingerprint density at radius 1 is 1.00 bits per heavy atom. The lowest BCUT2D eigenvalue weighted by molar-refractivity contribution is 0.174. The van der Waals surface area contributed by atoms with Gasteiger partial charge in [-0.3, -0.25) is 4.90 Å². The summed E-state index contributed by atoms with van der Waals surface area (Å²) in [6, 6.07) is 16.7. The average Bonchev–Trinajstić information content (AvgIpc) is 3.45. The van der Waals surface area contributed by atoms with E-state index in [1.165, 1.54) is 28.9 Å². The third-order valence-electron chi connectivity index (χ3n) is 5.68. The average molecular weight is 375 g/mol. The highest BCUT2D eigenvalue weighted by atomic mass is 16.7. The van der Waals surface area contributed by atoms with E-state index in [-0.39, 0.29) is 0 Å². The third kappa shape index (κ3) is 3.16. The van der Waals surface area contributed by atoms with Gasteiger partial charge in [-0.15, -0.1) is 0 Å². The number of aromatic nitrogens is 2. The summed E-state index contributed by atoms with van der Waals surface area (Å²) < 4.78 is 13.1. The van der Waals surface area contributed by atoms with E-state index in [0.717, 1.165) is 49.7 Å². The Labute approximate surface area is 165 Å². The monoisotopic (exact) mass is 375 g/mol. The Kier molecular flexibility index (Phi) is 4.53. The SMILES string of the molecule is CCN(Cc1ccc2c(c1)OCO2)Cc1nn(-c2ccccc2)c2c1CCC2. The van der Waals surface area contributed by atoms with Gasteiger partial charge >= 0.3 is 0 Å². The summed E-state index contributed by atoms with van der Waals surface area (Å²) in [5.41, 5.74) is 6.46. The van der Waals surface area contributed by atoms with Crippen LogP contribution >= 0.6 is 0 Å². The van der Waals surface area contributed by atoms with Crippen molar-refractivity contribution in [2.45, 2.75) is 39.3 Å². The number of fused-ring (bicyclic) bond motifs is 2. The van der Waals surface area contributed by atoms with Crippen LogP contribution in [-0.2, 0) is 25.9 Å². The van der Waals surface area contributed by atoms with Gasteiger partial charge in [-0.25, -0.2) is 4.68 Å². The predicted octanol–water partition coefficient (Wildman–Crippen LogP) is 4.11. The number of nitrogens with zero attached hydrogens (tertiary/aromatic N) is 3. The number of benzene rings is 2. The molecular weight excluding hydrogens is 350 g/mol. The van der Waals surface area contributed by atoms with Crippen LogP contribution in [0.2, 0.25) is 0 Å². The fraction of sp³-hybridized carbons (Fsp3) is 0.348. The molecule has 3 aromatic rings. The van der Waals surface area contributed by atoms with Crippen LogP contribution in [-0.4, -0.2) is 28.0 Å². The van der Waals surface area contributed by atoms with Crippen molar-refractivity contribution in [3.63, 3.8) is 0 Å². The van der Waals surface area contributed by atoms with E-state index < -0.39 is 0 Å². The summed E-state index contributed by atoms with van der Waals surface area (Å²) >= 11 is 0. The van der Waals surface area contributed by atoms with Crippen molar-refractivity contribution >= 4 is 0 Å². The normalized spacial score (nSPS) is 14.6. The summed E-state index contributed by atoms with van der Waals surface area (Å²) in [7, 11) is 0. The Balaban J connectivity index is 1.39. The van der Waals surface area contributed by atoms with Crippen LogP contribution in [0.1, 0.15) is 35.9 Å². The van der Waals surface area contributed by atoms with Crippen molar-refractivity contribution in [2.24, 2.45) is 0 Å². The molecule has 0 amide bonds. The van der Waals surface area contributed by atoms with Gasteiger partial charge < -0.3 is 9.47 Å². The van der Waals surface area contributed by atoms with Crippen molar-refractivity contribution in [3.8, 4) is 17.2 Å². The fourth-order valence-corrected chi connectivity index (χ4v) is 4.21. The quantitative estimate of drug-likeness (QED) is 0.650. The van der Waals surface area contributed by atoms with Gasteiger partial charge in [0, 0.05) is 18.8 Å². The lowest BCUT2D eigenvalue weighted by Gasteiger charge is -2.20. The van der Waals surface area contributed by atoms with E-state index in [0.29, 0.717) is 6.79 Å². The smallest absolute Gasteiger partial charge is 0.231 e. The number of hydrogen-bond acceptors (Lipinski definition) is 4. The van der Waals surface area contributed by atoms with Gasteiger partial charge in [0.2, 0.25) is 6.79 Å². The van der Waals surface area contributed by atoms with E-state index in [9.17, 15) is 0 Å². The van der Waals surface area contributed by atoms with Gasteiger partial charge in [0.25, 0.3) is 0 Å². The van der Waals surface area contributed by atoms with E-state index in [1.54, 1.807) is 0 Å². The standard InChI is InChI=1S/C23H25N3O2/c1-2-25(14-17-11-12-22-23(13-17)28-16-27-22)15-20-19-9-6-10-21(19)26(24-20)18-7-4-3-5-8-18/h3-5,7-8,11-13H,2,6,9-10,14-16H2,1H3. The predicted molar refractivity (Wildman–Crippen MR) is 108 cm³/mol. The highest BCUT2D eigenvalue weighted by Gasteiger charge is 2.24. The van der Waals surface area contributed by atoms with Gasteiger partial charge in [-0.05, 0) is 61.2 Å². The Morgan fingerprint density at radius 3 is 2.71 bits per heavy atom. The molecule has 5 rings (SSSR count). The zero-order chi connectivity index (χ0) is 18.9.